The minimum Gasteiger partial charge on any atom is -0.285 e. The third-order valence-electron chi connectivity index (χ3n) is 1.58. The van der Waals surface area contributed by atoms with Crippen LogP contribution < -0.4 is 0 Å². The van der Waals surface area contributed by atoms with Crippen molar-refractivity contribution in [3.8, 4) is 0 Å². The van der Waals surface area contributed by atoms with Crippen molar-refractivity contribution >= 4 is 23.5 Å². The van der Waals surface area contributed by atoms with Gasteiger partial charge in [-0.3, -0.25) is 4.79 Å². The van der Waals surface area contributed by atoms with E-state index in [1.165, 1.54) is 24.3 Å². The number of halogens is 4. The first-order valence-electron chi connectivity index (χ1n) is 3.94. The average Bonchev–Trinajstić information content (AvgIpc) is 2.15. The normalized spacial score (nSPS) is 12.0. The molecule has 15 heavy (non-hydrogen) atoms. The summed E-state index contributed by atoms with van der Waals surface area (Å²) in [6, 6.07) is 6.09. The van der Waals surface area contributed by atoms with E-state index in [4.69, 9.17) is 11.6 Å². The molecule has 0 amide bonds. The minimum atomic E-state index is -4.82. The number of ketones is 1. The molecule has 0 N–H and O–H groups in total. The van der Waals surface area contributed by atoms with Crippen molar-refractivity contribution in [1.29, 1.82) is 0 Å². The van der Waals surface area contributed by atoms with Crippen LogP contribution in [0.4, 0.5) is 13.2 Å². The summed E-state index contributed by atoms with van der Waals surface area (Å²) in [5, 5.41) is 0.481. The van der Waals surface area contributed by atoms with Gasteiger partial charge in [-0.05, 0) is 23.8 Å². The van der Waals surface area contributed by atoms with E-state index in [0.29, 0.717) is 16.7 Å². The molecule has 0 spiro atoms. The highest BCUT2D eigenvalue weighted by atomic mass is 35.5. The lowest BCUT2D eigenvalue weighted by atomic mass is 10.2. The highest BCUT2D eigenvalue weighted by Crippen LogP contribution is 2.17. The van der Waals surface area contributed by atoms with E-state index in [2.05, 4.69) is 0 Å². The van der Waals surface area contributed by atoms with Crippen molar-refractivity contribution in [3.05, 3.63) is 40.9 Å². The fourth-order valence-electron chi connectivity index (χ4n) is 0.840. The number of hydrogen-bond acceptors (Lipinski definition) is 1. The zero-order chi connectivity index (χ0) is 11.5. The summed E-state index contributed by atoms with van der Waals surface area (Å²) in [5.41, 5.74) is 0.483. The van der Waals surface area contributed by atoms with Gasteiger partial charge in [-0.15, -0.1) is 0 Å². The largest absolute Gasteiger partial charge is 0.454 e. The maximum absolute atomic E-state index is 11.8. The number of hydrogen-bond donors (Lipinski definition) is 0. The highest BCUT2D eigenvalue weighted by Gasteiger charge is 2.35. The summed E-state index contributed by atoms with van der Waals surface area (Å²) < 4.78 is 35.4. The Bertz CT molecular complexity index is 379. The predicted molar refractivity (Wildman–Crippen MR) is 51.5 cm³/mol. The Labute approximate surface area is 89.2 Å². The van der Waals surface area contributed by atoms with Gasteiger partial charge in [0.25, 0.3) is 5.78 Å². The Morgan fingerprint density at radius 2 is 1.73 bits per heavy atom. The van der Waals surface area contributed by atoms with Crippen molar-refractivity contribution in [2.45, 2.75) is 6.18 Å². The molecule has 1 aromatic rings. The maximum Gasteiger partial charge on any atom is 0.454 e. The smallest absolute Gasteiger partial charge is 0.285 e. The first-order chi connectivity index (χ1) is 6.89. The van der Waals surface area contributed by atoms with E-state index in [1.807, 2.05) is 0 Å². The van der Waals surface area contributed by atoms with E-state index >= 15 is 0 Å². The van der Waals surface area contributed by atoms with Crippen molar-refractivity contribution in [3.63, 3.8) is 0 Å². The monoisotopic (exact) mass is 234 g/mol. The van der Waals surface area contributed by atoms with Crippen LogP contribution in [0.15, 0.2) is 30.3 Å². The third-order valence-corrected chi connectivity index (χ3v) is 1.83. The summed E-state index contributed by atoms with van der Waals surface area (Å²) in [6.07, 6.45) is -3.24. The van der Waals surface area contributed by atoms with Crippen LogP contribution in [0.25, 0.3) is 6.08 Å². The maximum atomic E-state index is 11.8. The molecular formula is C10H6ClF3O. The zero-order valence-electron chi connectivity index (χ0n) is 7.38. The number of rotatable bonds is 2. The molecule has 1 nitrogen and oxygen atoms in total. The van der Waals surface area contributed by atoms with Gasteiger partial charge < -0.3 is 0 Å². The van der Waals surface area contributed by atoms with E-state index in [1.54, 1.807) is 0 Å². The molecule has 0 saturated carbocycles. The van der Waals surface area contributed by atoms with E-state index in [0.717, 1.165) is 6.08 Å². The van der Waals surface area contributed by atoms with Crippen LogP contribution in [0.2, 0.25) is 5.02 Å². The molecule has 0 aliphatic heterocycles. The van der Waals surface area contributed by atoms with Gasteiger partial charge in [0.1, 0.15) is 0 Å². The molecule has 0 saturated heterocycles. The minimum absolute atomic E-state index is 0.481. The van der Waals surface area contributed by atoms with Crippen molar-refractivity contribution in [1.82, 2.24) is 0 Å². The van der Waals surface area contributed by atoms with Gasteiger partial charge >= 0.3 is 6.18 Å². The Balaban J connectivity index is 2.74. The van der Waals surface area contributed by atoms with Gasteiger partial charge in [-0.2, -0.15) is 13.2 Å². The molecule has 0 aliphatic rings. The summed E-state index contributed by atoms with van der Waals surface area (Å²) >= 11 is 5.58. The molecule has 80 valence electrons. The van der Waals surface area contributed by atoms with Gasteiger partial charge in [0, 0.05) is 5.02 Å². The quantitative estimate of drug-likeness (QED) is 0.716. The van der Waals surface area contributed by atoms with E-state index < -0.39 is 12.0 Å². The van der Waals surface area contributed by atoms with Crippen LogP contribution in [0, 0.1) is 0 Å². The lowest BCUT2D eigenvalue weighted by Gasteiger charge is -1.99. The number of benzene rings is 1. The molecule has 1 aromatic carbocycles. The first kappa shape index (κ1) is 11.8. The van der Waals surface area contributed by atoms with Crippen molar-refractivity contribution in [2.75, 3.05) is 0 Å². The second-order valence-electron chi connectivity index (χ2n) is 2.75. The molecule has 0 bridgehead atoms. The van der Waals surface area contributed by atoms with Crippen molar-refractivity contribution < 1.29 is 18.0 Å². The predicted octanol–water partition coefficient (Wildman–Crippen LogP) is 3.48. The van der Waals surface area contributed by atoms with Crippen LogP contribution in [-0.2, 0) is 4.79 Å². The van der Waals surface area contributed by atoms with Gasteiger partial charge in [0.15, 0.2) is 0 Å². The molecule has 0 aliphatic carbocycles. The number of alkyl halides is 3. The fraction of sp³-hybridized carbons (Fsp3) is 0.100. The Kier molecular flexibility index (Phi) is 3.52. The molecule has 5 heteroatoms. The second kappa shape index (κ2) is 4.49. The van der Waals surface area contributed by atoms with Crippen LogP contribution in [-0.4, -0.2) is 12.0 Å². The first-order valence-corrected chi connectivity index (χ1v) is 4.32. The number of allylic oxidation sites excluding steroid dienone is 1. The molecule has 0 aromatic heterocycles. The molecule has 0 atom stereocenters. The molecule has 1 rings (SSSR count). The summed E-state index contributed by atoms with van der Waals surface area (Å²) in [7, 11) is 0. The standard InChI is InChI=1S/C10H6ClF3O/c11-8-4-1-7(2-5-8)3-6-9(15)10(12,13)14/h1-6H/b6-3+. The summed E-state index contributed by atoms with van der Waals surface area (Å²) in [4.78, 5) is 10.5. The third kappa shape index (κ3) is 3.75. The zero-order valence-corrected chi connectivity index (χ0v) is 8.14. The number of carbonyl (C=O) groups excluding carboxylic acids is 1. The van der Waals surface area contributed by atoms with Crippen LogP contribution in [0.5, 0.6) is 0 Å². The van der Waals surface area contributed by atoms with Crippen LogP contribution in [0.1, 0.15) is 5.56 Å². The summed E-state index contributed by atoms with van der Waals surface area (Å²) in [6.45, 7) is 0. The Hall–Kier alpha value is -1.29. The van der Waals surface area contributed by atoms with Gasteiger partial charge in [0.05, 0.1) is 0 Å². The fourth-order valence-corrected chi connectivity index (χ4v) is 0.966. The highest BCUT2D eigenvalue weighted by molar-refractivity contribution is 6.30. The molecule has 0 radical (unpaired) electrons. The SMILES string of the molecule is O=C(/C=C/c1ccc(Cl)cc1)C(F)(F)F. The van der Waals surface area contributed by atoms with Crippen LogP contribution >= 0.6 is 11.6 Å². The molecular weight excluding hydrogens is 229 g/mol. The Morgan fingerprint density at radius 3 is 2.20 bits per heavy atom. The van der Waals surface area contributed by atoms with E-state index in [-0.39, 0.29) is 0 Å². The second-order valence-corrected chi connectivity index (χ2v) is 3.18. The lowest BCUT2D eigenvalue weighted by molar-refractivity contribution is -0.165. The lowest BCUT2D eigenvalue weighted by Crippen LogP contribution is -2.19. The average molecular weight is 235 g/mol. The molecule has 0 unspecified atom stereocenters. The van der Waals surface area contributed by atoms with Gasteiger partial charge in [0.2, 0.25) is 0 Å². The molecule has 0 heterocycles. The van der Waals surface area contributed by atoms with Crippen LogP contribution in [0.3, 0.4) is 0 Å². The van der Waals surface area contributed by atoms with Gasteiger partial charge in [-0.25, -0.2) is 0 Å². The molecule has 0 fully saturated rings. The summed E-state index contributed by atoms with van der Waals surface area (Å²) in [5.74, 6) is -1.88. The van der Waals surface area contributed by atoms with E-state index in [9.17, 15) is 18.0 Å². The topological polar surface area (TPSA) is 17.1 Å². The number of carbonyl (C=O) groups is 1. The van der Waals surface area contributed by atoms with Gasteiger partial charge in [-0.1, -0.05) is 29.8 Å². The van der Waals surface area contributed by atoms with Crippen molar-refractivity contribution in [2.24, 2.45) is 0 Å². The Morgan fingerprint density at radius 1 is 1.20 bits per heavy atom.